The Balaban J connectivity index is 2.32. The van der Waals surface area contributed by atoms with Crippen LogP contribution in [0.4, 0.5) is 0 Å². The van der Waals surface area contributed by atoms with Gasteiger partial charge in [-0.15, -0.1) is 0 Å². The maximum absolute atomic E-state index is 12.7. The molecule has 150 valence electrons. The molecule has 3 aromatic rings. The van der Waals surface area contributed by atoms with E-state index in [-0.39, 0.29) is 30.2 Å². The van der Waals surface area contributed by atoms with E-state index >= 15 is 0 Å². The average molecular weight is 396 g/mol. The molecule has 8 heteroatoms. The lowest BCUT2D eigenvalue weighted by molar-refractivity contribution is 0.0549. The van der Waals surface area contributed by atoms with E-state index in [1.807, 2.05) is 6.07 Å². The first-order chi connectivity index (χ1) is 14.1. The molecule has 8 nitrogen and oxygen atoms in total. The Hall–Kier alpha value is -3.65. The third-order valence-corrected chi connectivity index (χ3v) is 4.15. The summed E-state index contributed by atoms with van der Waals surface area (Å²) in [7, 11) is 2.45. The van der Waals surface area contributed by atoms with Crippen LogP contribution in [-0.2, 0) is 9.47 Å². The summed E-state index contributed by atoms with van der Waals surface area (Å²) in [5, 5.41) is 13.6. The highest BCUT2D eigenvalue weighted by Gasteiger charge is 2.32. The zero-order valence-corrected chi connectivity index (χ0v) is 16.0. The minimum atomic E-state index is -0.737. The minimum absolute atomic E-state index is 0.0387. The summed E-state index contributed by atoms with van der Waals surface area (Å²) in [6, 6.07) is 15.8. The Morgan fingerprint density at radius 3 is 2.28 bits per heavy atom. The first-order valence-electron chi connectivity index (χ1n) is 8.80. The smallest absolute Gasteiger partial charge is 0.357 e. The first-order valence-corrected chi connectivity index (χ1v) is 8.80. The fourth-order valence-electron chi connectivity index (χ4n) is 2.89. The zero-order valence-electron chi connectivity index (χ0n) is 16.0. The Kier molecular flexibility index (Phi) is 6.25. The number of carbonyl (C=O) groups excluding carboxylic acids is 2. The Morgan fingerprint density at radius 2 is 1.62 bits per heavy atom. The topological polar surface area (TPSA) is 99.9 Å². The van der Waals surface area contributed by atoms with Gasteiger partial charge in [-0.1, -0.05) is 30.3 Å². The number of para-hydroxylation sites is 2. The number of rotatable bonds is 7. The van der Waals surface area contributed by atoms with E-state index in [2.05, 4.69) is 5.10 Å². The third kappa shape index (κ3) is 3.97. The number of aliphatic hydroxyl groups is 1. The molecule has 0 aliphatic carbocycles. The molecule has 0 atom stereocenters. The standard InChI is InChI=1S/C21H20N2O6/c1-27-20(25)17-18(15-10-6-7-11-16(15)29-13-12-24)22-23(19(17)21(26)28-2)14-8-4-3-5-9-14/h3-11,24H,12-13H2,1-2H3. The van der Waals surface area contributed by atoms with Crippen LogP contribution >= 0.6 is 0 Å². The lowest BCUT2D eigenvalue weighted by Gasteiger charge is -2.10. The molecule has 0 bridgehead atoms. The third-order valence-electron chi connectivity index (χ3n) is 4.15. The number of hydrogen-bond acceptors (Lipinski definition) is 7. The number of aromatic nitrogens is 2. The number of nitrogens with zero attached hydrogens (tertiary/aromatic N) is 2. The number of benzene rings is 2. The molecule has 3 rings (SSSR count). The Labute approximate surface area is 167 Å². The van der Waals surface area contributed by atoms with Gasteiger partial charge >= 0.3 is 11.9 Å². The Bertz CT molecular complexity index is 1010. The average Bonchev–Trinajstić information content (AvgIpc) is 3.17. The van der Waals surface area contributed by atoms with Crippen LogP contribution < -0.4 is 4.74 Å². The van der Waals surface area contributed by atoms with Crippen molar-refractivity contribution in [3.8, 4) is 22.7 Å². The predicted octanol–water partition coefficient (Wildman–Crippen LogP) is 2.48. The number of hydrogen-bond donors (Lipinski definition) is 1. The lowest BCUT2D eigenvalue weighted by atomic mass is 10.0. The second-order valence-corrected chi connectivity index (χ2v) is 5.87. The van der Waals surface area contributed by atoms with Crippen molar-refractivity contribution in [2.45, 2.75) is 0 Å². The molecule has 29 heavy (non-hydrogen) atoms. The molecule has 0 saturated heterocycles. The second kappa shape index (κ2) is 9.03. The zero-order chi connectivity index (χ0) is 20.8. The van der Waals surface area contributed by atoms with Crippen LogP contribution in [0.15, 0.2) is 54.6 Å². The van der Waals surface area contributed by atoms with Crippen molar-refractivity contribution in [1.82, 2.24) is 9.78 Å². The highest BCUT2D eigenvalue weighted by Crippen LogP contribution is 2.34. The summed E-state index contributed by atoms with van der Waals surface area (Å²) in [6.07, 6.45) is 0. The van der Waals surface area contributed by atoms with Gasteiger partial charge in [0, 0.05) is 5.56 Å². The number of ether oxygens (including phenoxy) is 3. The van der Waals surface area contributed by atoms with Gasteiger partial charge in [0.25, 0.3) is 0 Å². The molecule has 1 aromatic heterocycles. The van der Waals surface area contributed by atoms with E-state index in [0.717, 1.165) is 0 Å². The number of aliphatic hydroxyl groups excluding tert-OH is 1. The maximum Gasteiger partial charge on any atom is 0.357 e. The molecule has 0 aliphatic rings. The highest BCUT2D eigenvalue weighted by molar-refractivity contribution is 6.07. The van der Waals surface area contributed by atoms with E-state index in [4.69, 9.17) is 19.3 Å². The van der Waals surface area contributed by atoms with Crippen molar-refractivity contribution in [2.75, 3.05) is 27.4 Å². The van der Waals surface area contributed by atoms with Gasteiger partial charge in [-0.2, -0.15) is 5.10 Å². The maximum atomic E-state index is 12.7. The van der Waals surface area contributed by atoms with Gasteiger partial charge in [-0.05, 0) is 24.3 Å². The SMILES string of the molecule is COC(=O)c1c(-c2ccccc2OCCO)nn(-c2ccccc2)c1C(=O)OC. The van der Waals surface area contributed by atoms with Crippen LogP contribution in [0, 0.1) is 0 Å². The molecule has 0 fully saturated rings. The van der Waals surface area contributed by atoms with E-state index in [1.54, 1.807) is 48.5 Å². The molecule has 0 aliphatic heterocycles. The van der Waals surface area contributed by atoms with E-state index in [9.17, 15) is 9.59 Å². The summed E-state index contributed by atoms with van der Waals surface area (Å²) < 4.78 is 16.8. The number of methoxy groups -OCH3 is 2. The Morgan fingerprint density at radius 1 is 0.966 bits per heavy atom. The van der Waals surface area contributed by atoms with Crippen LogP contribution in [0.3, 0.4) is 0 Å². The van der Waals surface area contributed by atoms with Crippen molar-refractivity contribution in [3.05, 3.63) is 65.9 Å². The summed E-state index contributed by atoms with van der Waals surface area (Å²) in [4.78, 5) is 25.2. The van der Waals surface area contributed by atoms with Crippen LogP contribution in [-0.4, -0.2) is 54.3 Å². The fraction of sp³-hybridized carbons (Fsp3) is 0.190. The van der Waals surface area contributed by atoms with Gasteiger partial charge in [0.1, 0.15) is 23.6 Å². The van der Waals surface area contributed by atoms with Crippen molar-refractivity contribution in [1.29, 1.82) is 0 Å². The predicted molar refractivity (Wildman–Crippen MR) is 104 cm³/mol. The van der Waals surface area contributed by atoms with Crippen LogP contribution in [0.2, 0.25) is 0 Å². The van der Waals surface area contributed by atoms with Gasteiger partial charge in [0.05, 0.1) is 26.5 Å². The number of esters is 2. The molecule has 1 heterocycles. The summed E-state index contributed by atoms with van der Waals surface area (Å²) in [5.41, 5.74) is 1.15. The fourth-order valence-corrected chi connectivity index (χ4v) is 2.89. The molecule has 0 amide bonds. The van der Waals surface area contributed by atoms with Gasteiger partial charge in [0.15, 0.2) is 5.69 Å². The molecule has 0 spiro atoms. The van der Waals surface area contributed by atoms with Gasteiger partial charge in [-0.3, -0.25) is 0 Å². The highest BCUT2D eigenvalue weighted by atomic mass is 16.5. The molecular weight excluding hydrogens is 376 g/mol. The molecular formula is C21H20N2O6. The van der Waals surface area contributed by atoms with E-state index in [1.165, 1.54) is 18.9 Å². The molecule has 0 saturated carbocycles. The normalized spacial score (nSPS) is 10.4. The summed E-state index contributed by atoms with van der Waals surface area (Å²) >= 11 is 0. The molecule has 0 radical (unpaired) electrons. The first kappa shape index (κ1) is 20.1. The van der Waals surface area contributed by atoms with E-state index < -0.39 is 11.9 Å². The minimum Gasteiger partial charge on any atom is -0.490 e. The van der Waals surface area contributed by atoms with Crippen molar-refractivity contribution in [2.24, 2.45) is 0 Å². The van der Waals surface area contributed by atoms with Crippen molar-refractivity contribution in [3.63, 3.8) is 0 Å². The monoisotopic (exact) mass is 396 g/mol. The van der Waals surface area contributed by atoms with Crippen LogP contribution in [0.5, 0.6) is 5.75 Å². The van der Waals surface area contributed by atoms with Gasteiger partial charge in [-0.25, -0.2) is 14.3 Å². The van der Waals surface area contributed by atoms with Crippen molar-refractivity contribution >= 4 is 11.9 Å². The van der Waals surface area contributed by atoms with Crippen LogP contribution in [0.25, 0.3) is 16.9 Å². The van der Waals surface area contributed by atoms with Crippen LogP contribution in [0.1, 0.15) is 20.8 Å². The lowest BCUT2D eigenvalue weighted by Crippen LogP contribution is -2.15. The largest absolute Gasteiger partial charge is 0.490 e. The van der Waals surface area contributed by atoms with Crippen molar-refractivity contribution < 1.29 is 28.9 Å². The molecule has 2 aromatic carbocycles. The van der Waals surface area contributed by atoms with Gasteiger partial charge < -0.3 is 19.3 Å². The number of carbonyl (C=O) groups is 2. The quantitative estimate of drug-likeness (QED) is 0.613. The molecule has 1 N–H and O–H groups in total. The molecule has 0 unspecified atom stereocenters. The van der Waals surface area contributed by atoms with E-state index in [0.29, 0.717) is 17.0 Å². The summed E-state index contributed by atoms with van der Waals surface area (Å²) in [5.74, 6) is -1.07. The summed E-state index contributed by atoms with van der Waals surface area (Å²) in [6.45, 7) is -0.113. The second-order valence-electron chi connectivity index (χ2n) is 5.87. The van der Waals surface area contributed by atoms with Gasteiger partial charge in [0.2, 0.25) is 0 Å².